The number of hydrogen-bond acceptors (Lipinski definition) is 11. The van der Waals surface area contributed by atoms with E-state index in [9.17, 15) is 14.4 Å². The number of methoxy groups -OCH3 is 2. The van der Waals surface area contributed by atoms with Crippen molar-refractivity contribution in [3.63, 3.8) is 0 Å². The quantitative estimate of drug-likeness (QED) is 0.0426. The fraction of sp³-hybridized carbons (Fsp3) is 0.507. The molecular weight excluding hydrogens is 1010 g/mol. The van der Waals surface area contributed by atoms with Gasteiger partial charge in [0.2, 0.25) is 0 Å². The molecule has 0 bridgehead atoms. The minimum absolute atomic E-state index is 0.135. The minimum atomic E-state index is 0.135. The van der Waals surface area contributed by atoms with Crippen LogP contribution in [-0.2, 0) is 29.1 Å². The number of ketones is 3. The lowest BCUT2D eigenvalue weighted by Crippen LogP contribution is -2.47. The maximum atomic E-state index is 12.0. The number of benzene rings is 4. The van der Waals surface area contributed by atoms with Crippen molar-refractivity contribution in [3.8, 4) is 5.75 Å². The first-order valence-electron chi connectivity index (χ1n) is 30.0. The molecule has 14 nitrogen and oxygen atoms in total. The first-order valence-corrected chi connectivity index (χ1v) is 30.0. The minimum Gasteiger partial charge on any atom is -0.496 e. The van der Waals surface area contributed by atoms with Gasteiger partial charge in [0.05, 0.1) is 20.3 Å². The summed E-state index contributed by atoms with van der Waals surface area (Å²) in [5.41, 5.74) is 7.34. The highest BCUT2D eigenvalue weighted by Crippen LogP contribution is 2.34. The van der Waals surface area contributed by atoms with Gasteiger partial charge in [-0.3, -0.25) is 24.2 Å². The largest absolute Gasteiger partial charge is 0.496 e. The summed E-state index contributed by atoms with van der Waals surface area (Å²) in [4.78, 5) is 48.4. The number of aromatic nitrogens is 3. The summed E-state index contributed by atoms with van der Waals surface area (Å²) < 4.78 is 22.9. The molecule has 0 aliphatic carbocycles. The van der Waals surface area contributed by atoms with Gasteiger partial charge in [-0.05, 0) is 121 Å². The molecule has 81 heavy (non-hydrogen) atoms. The first-order chi connectivity index (χ1) is 39.4. The van der Waals surface area contributed by atoms with E-state index in [1.165, 1.54) is 23.9 Å². The Balaban J connectivity index is 0.000000160. The maximum Gasteiger partial charge on any atom is 0.161 e. The number of nitrogens with zero attached hydrogens (tertiary/aromatic N) is 8. The van der Waals surface area contributed by atoms with Crippen LogP contribution in [0.4, 0.5) is 0 Å². The summed E-state index contributed by atoms with van der Waals surface area (Å²) in [6, 6.07) is 33.1. The Bertz CT molecular complexity index is 3080. The Morgan fingerprint density at radius 1 is 0.481 bits per heavy atom. The predicted molar refractivity (Wildman–Crippen MR) is 330 cm³/mol. The molecule has 10 rings (SSSR count). The van der Waals surface area contributed by atoms with E-state index in [-0.39, 0.29) is 17.3 Å². The van der Waals surface area contributed by atoms with Crippen molar-refractivity contribution in [1.29, 1.82) is 0 Å². The molecular formula is C67H92N8O6. The lowest BCUT2D eigenvalue weighted by molar-refractivity contribution is 0.0802. The zero-order chi connectivity index (χ0) is 57.1. The van der Waals surface area contributed by atoms with Gasteiger partial charge in [0.1, 0.15) is 5.75 Å². The molecule has 3 saturated heterocycles. The molecule has 4 aromatic carbocycles. The van der Waals surface area contributed by atoms with Crippen LogP contribution in [0, 0.1) is 5.92 Å². The molecule has 0 N–H and O–H groups in total. The van der Waals surface area contributed by atoms with Crippen molar-refractivity contribution < 1.29 is 28.6 Å². The summed E-state index contributed by atoms with van der Waals surface area (Å²) in [6.45, 7) is 31.3. The van der Waals surface area contributed by atoms with E-state index in [1.807, 2.05) is 74.0 Å². The molecule has 3 aliphatic rings. The number of carbonyl (C=O) groups excluding carboxylic acids is 3. The topological polar surface area (TPSA) is 110 Å². The van der Waals surface area contributed by atoms with Crippen molar-refractivity contribution in [3.05, 3.63) is 138 Å². The Hall–Kier alpha value is -5.97. The summed E-state index contributed by atoms with van der Waals surface area (Å²) >= 11 is 0. The van der Waals surface area contributed by atoms with E-state index in [4.69, 9.17) is 14.2 Å². The molecule has 0 radical (unpaired) electrons. The normalized spacial score (nSPS) is 16.5. The van der Waals surface area contributed by atoms with Crippen LogP contribution >= 0.6 is 0 Å². The van der Waals surface area contributed by atoms with Crippen LogP contribution in [0.25, 0.3) is 32.7 Å². The molecule has 0 spiro atoms. The Kier molecular flexibility index (Phi) is 23.3. The molecule has 6 heterocycles. The van der Waals surface area contributed by atoms with Crippen LogP contribution in [-0.4, -0.2) is 188 Å². The van der Waals surface area contributed by atoms with E-state index in [2.05, 4.69) is 93.7 Å². The first kappa shape index (κ1) is 61.1. The number of aryl methyl sites for hydroxylation is 2. The number of fused-ring (bicyclic) bond motifs is 3. The van der Waals surface area contributed by atoms with Crippen LogP contribution in [0.3, 0.4) is 0 Å². The molecule has 7 aromatic rings. The molecule has 1 unspecified atom stereocenters. The number of hydrogen-bond donors (Lipinski definition) is 0. The van der Waals surface area contributed by atoms with Crippen molar-refractivity contribution >= 4 is 50.1 Å². The predicted octanol–water partition coefficient (Wildman–Crippen LogP) is 10.8. The summed E-state index contributed by atoms with van der Waals surface area (Å²) in [5.74, 6) is 2.54. The lowest BCUT2D eigenvalue weighted by atomic mass is 9.88. The van der Waals surface area contributed by atoms with Crippen LogP contribution in [0.1, 0.15) is 103 Å². The summed E-state index contributed by atoms with van der Waals surface area (Å²) in [5, 5.41) is 3.21. The fourth-order valence-electron chi connectivity index (χ4n) is 12.3. The molecule has 3 fully saturated rings. The van der Waals surface area contributed by atoms with Crippen LogP contribution in [0.5, 0.6) is 5.75 Å². The smallest absolute Gasteiger partial charge is 0.161 e. The van der Waals surface area contributed by atoms with Gasteiger partial charge in [-0.15, -0.1) is 0 Å². The number of rotatable bonds is 24. The fourth-order valence-corrected chi connectivity index (χ4v) is 12.3. The number of para-hydroxylation sites is 4. The lowest BCUT2D eigenvalue weighted by Gasteiger charge is -2.34. The van der Waals surface area contributed by atoms with Crippen LogP contribution < -0.4 is 4.74 Å². The summed E-state index contributed by atoms with van der Waals surface area (Å²) in [7, 11) is 3.52. The van der Waals surface area contributed by atoms with Crippen molar-refractivity contribution in [1.82, 2.24) is 38.2 Å². The number of carbonyl (C=O) groups is 3. The van der Waals surface area contributed by atoms with Crippen LogP contribution in [0.15, 0.2) is 116 Å². The summed E-state index contributed by atoms with van der Waals surface area (Å²) in [6.07, 6.45) is 10.6. The molecule has 1 atom stereocenters. The number of piperidine rings is 1. The van der Waals surface area contributed by atoms with Gasteiger partial charge < -0.3 is 42.6 Å². The van der Waals surface area contributed by atoms with E-state index in [0.29, 0.717) is 11.8 Å². The molecule has 0 amide bonds. The van der Waals surface area contributed by atoms with Gasteiger partial charge in [-0.1, -0.05) is 79.7 Å². The van der Waals surface area contributed by atoms with E-state index < -0.39 is 0 Å². The van der Waals surface area contributed by atoms with E-state index >= 15 is 0 Å². The molecule has 14 heteroatoms. The average molecular weight is 1110 g/mol. The van der Waals surface area contributed by atoms with E-state index in [1.54, 1.807) is 35.0 Å². The monoisotopic (exact) mass is 1100 g/mol. The van der Waals surface area contributed by atoms with Gasteiger partial charge in [0, 0.05) is 173 Å². The SMILES string of the molecule is CCOCCN1CCN(CCCn2cc(C(C)=O)c3ccccc32)CC1.COCCN1CCN(CCCn2cc(C(C)=O)c3ccccc32)CC1.COc1ccccc1C1CCN(CC(C)Cn2cc(C(C)=O)c3ccccc32)CC1. The van der Waals surface area contributed by atoms with Crippen molar-refractivity contribution in [2.75, 3.05) is 132 Å². The van der Waals surface area contributed by atoms with Gasteiger partial charge in [-0.25, -0.2) is 0 Å². The maximum absolute atomic E-state index is 12.0. The third-order valence-corrected chi connectivity index (χ3v) is 16.8. The molecule has 0 saturated carbocycles. The second kappa shape index (κ2) is 30.9. The second-order valence-electron chi connectivity index (χ2n) is 22.6. The van der Waals surface area contributed by atoms with Gasteiger partial charge in [0.15, 0.2) is 17.3 Å². The van der Waals surface area contributed by atoms with Crippen LogP contribution in [0.2, 0.25) is 0 Å². The number of ether oxygens (including phenoxy) is 3. The number of Topliss-reactive ketones (excluding diaryl/α,β-unsaturated/α-hetero) is 3. The Morgan fingerprint density at radius 3 is 1.33 bits per heavy atom. The molecule has 436 valence electrons. The van der Waals surface area contributed by atoms with Gasteiger partial charge in [-0.2, -0.15) is 0 Å². The Morgan fingerprint density at radius 2 is 0.889 bits per heavy atom. The zero-order valence-electron chi connectivity index (χ0n) is 49.8. The Labute approximate surface area is 482 Å². The average Bonchev–Trinajstić information content (AvgIpc) is 4.27. The standard InChI is InChI=1S/C26H32N2O2.C21H31N3O2.C20H29N3O2/c1-19(17-28-18-24(20(2)29)23-9-4-6-10-25(23)28)16-27-14-12-21(13-15-27)22-8-5-7-11-26(22)30-3;1-3-26-16-15-23-13-11-22(12-14-23)9-6-10-24-17-20(18(2)25)19-7-4-5-8-21(19)24;1-17(24)19-16-23(20-7-4-3-6-18(19)20)9-5-8-21-10-12-22(13-11-21)14-15-25-2/h4-11,18-19,21H,12-17H2,1-3H3;4-5,7-8,17H,3,6,9-16H2,1-2H3;3-4,6-7,16H,5,8-15H2,1-2H3. The highest BCUT2D eigenvalue weighted by molar-refractivity contribution is 6.08. The van der Waals surface area contributed by atoms with Gasteiger partial charge >= 0.3 is 0 Å². The van der Waals surface area contributed by atoms with Crippen molar-refractivity contribution in [2.24, 2.45) is 5.92 Å². The molecule has 3 aromatic heterocycles. The zero-order valence-corrected chi connectivity index (χ0v) is 49.8. The highest BCUT2D eigenvalue weighted by Gasteiger charge is 2.25. The number of likely N-dealkylation sites (tertiary alicyclic amines) is 1. The second-order valence-corrected chi connectivity index (χ2v) is 22.6. The van der Waals surface area contributed by atoms with E-state index in [0.717, 1.165) is 200 Å². The number of piperazine rings is 2. The third kappa shape index (κ3) is 16.8. The van der Waals surface area contributed by atoms with Crippen molar-refractivity contribution in [2.45, 2.75) is 85.9 Å². The molecule has 3 aliphatic heterocycles. The highest BCUT2D eigenvalue weighted by atomic mass is 16.5. The van der Waals surface area contributed by atoms with Gasteiger partial charge in [0.25, 0.3) is 0 Å². The third-order valence-electron chi connectivity index (χ3n) is 16.8.